The van der Waals surface area contributed by atoms with E-state index >= 15 is 0 Å². The molecule has 0 fully saturated rings. The first-order valence-electron chi connectivity index (χ1n) is 12.7. The van der Waals surface area contributed by atoms with Gasteiger partial charge in [-0.2, -0.15) is 11.8 Å². The monoisotopic (exact) mass is 558 g/mol. The molecule has 7 N–H and O–H groups in total. The fourth-order valence-electron chi connectivity index (χ4n) is 3.75. The van der Waals surface area contributed by atoms with Crippen molar-refractivity contribution in [1.29, 1.82) is 0 Å². The predicted molar refractivity (Wildman–Crippen MR) is 151 cm³/mol. The van der Waals surface area contributed by atoms with Gasteiger partial charge in [0.05, 0.1) is 6.04 Å². The lowest BCUT2D eigenvalue weighted by Gasteiger charge is -2.26. The number of carboxylic acids is 1. The second-order valence-electron chi connectivity index (χ2n) is 9.63. The van der Waals surface area contributed by atoms with Crippen LogP contribution in [0.2, 0.25) is 0 Å². The molecular formula is C28H38N4O6S. The van der Waals surface area contributed by atoms with Crippen molar-refractivity contribution < 1.29 is 29.4 Å². The molecule has 2 aromatic rings. The van der Waals surface area contributed by atoms with Crippen LogP contribution in [-0.4, -0.2) is 70.1 Å². The minimum Gasteiger partial charge on any atom is -0.508 e. The number of carbonyl (C=O) groups excluding carboxylic acids is 3. The van der Waals surface area contributed by atoms with Crippen molar-refractivity contribution in [3.8, 4) is 5.75 Å². The van der Waals surface area contributed by atoms with E-state index in [1.54, 1.807) is 26.0 Å². The number of benzene rings is 2. The van der Waals surface area contributed by atoms with Gasteiger partial charge in [0.15, 0.2) is 0 Å². The van der Waals surface area contributed by atoms with E-state index in [-0.39, 0.29) is 30.9 Å². The van der Waals surface area contributed by atoms with Gasteiger partial charge in [-0.1, -0.05) is 56.3 Å². The zero-order chi connectivity index (χ0) is 28.9. The van der Waals surface area contributed by atoms with E-state index in [9.17, 15) is 29.4 Å². The molecule has 0 bridgehead atoms. The van der Waals surface area contributed by atoms with Gasteiger partial charge in [0, 0.05) is 12.8 Å². The number of hydrogen-bond donors (Lipinski definition) is 6. The van der Waals surface area contributed by atoms with Crippen LogP contribution in [0.4, 0.5) is 0 Å². The van der Waals surface area contributed by atoms with Gasteiger partial charge < -0.3 is 31.9 Å². The van der Waals surface area contributed by atoms with Crippen LogP contribution in [0.25, 0.3) is 0 Å². The van der Waals surface area contributed by atoms with Gasteiger partial charge in [-0.25, -0.2) is 4.79 Å². The molecule has 0 aliphatic carbocycles. The van der Waals surface area contributed by atoms with Crippen LogP contribution in [0.5, 0.6) is 5.75 Å². The number of amides is 3. The lowest BCUT2D eigenvalue weighted by atomic mass is 10.0. The van der Waals surface area contributed by atoms with Gasteiger partial charge >= 0.3 is 5.97 Å². The zero-order valence-electron chi connectivity index (χ0n) is 22.4. The maximum absolute atomic E-state index is 13.4. The molecule has 0 saturated heterocycles. The molecule has 0 radical (unpaired) electrons. The molecule has 39 heavy (non-hydrogen) atoms. The summed E-state index contributed by atoms with van der Waals surface area (Å²) < 4.78 is 0. The predicted octanol–water partition coefficient (Wildman–Crippen LogP) is 1.45. The number of phenolic OH excluding ortho intramolecular Hbond substituents is 1. The van der Waals surface area contributed by atoms with E-state index in [1.807, 2.05) is 36.6 Å². The number of nitrogens with two attached hydrogens (primary N) is 1. The Morgan fingerprint density at radius 1 is 0.795 bits per heavy atom. The van der Waals surface area contributed by atoms with Gasteiger partial charge in [-0.05, 0) is 47.6 Å². The summed E-state index contributed by atoms with van der Waals surface area (Å²) in [6.07, 6.45) is 2.28. The Kier molecular flexibility index (Phi) is 12.8. The fraction of sp³-hybridized carbons (Fsp3) is 0.429. The second-order valence-corrected chi connectivity index (χ2v) is 10.6. The molecular weight excluding hydrogens is 520 g/mol. The summed E-state index contributed by atoms with van der Waals surface area (Å²) in [5.41, 5.74) is 7.41. The molecule has 4 unspecified atom stereocenters. The molecule has 4 atom stereocenters. The summed E-state index contributed by atoms with van der Waals surface area (Å²) in [5.74, 6) is -2.51. The number of carboxylic acid groups (broad SMARTS) is 1. The number of thioether (sulfide) groups is 1. The summed E-state index contributed by atoms with van der Waals surface area (Å²) in [7, 11) is 0. The number of aliphatic carboxylic acids is 1. The van der Waals surface area contributed by atoms with E-state index in [0.29, 0.717) is 11.3 Å². The summed E-state index contributed by atoms with van der Waals surface area (Å²) in [6.45, 7) is 3.60. The van der Waals surface area contributed by atoms with E-state index in [2.05, 4.69) is 16.0 Å². The van der Waals surface area contributed by atoms with Crippen molar-refractivity contribution in [2.75, 3.05) is 12.0 Å². The highest BCUT2D eigenvalue weighted by Crippen LogP contribution is 2.12. The number of rotatable bonds is 15. The summed E-state index contributed by atoms with van der Waals surface area (Å²) >= 11 is 1.47. The molecule has 11 heteroatoms. The molecule has 2 aromatic carbocycles. The van der Waals surface area contributed by atoms with Gasteiger partial charge in [-0.3, -0.25) is 14.4 Å². The van der Waals surface area contributed by atoms with Crippen LogP contribution in [0, 0.1) is 5.92 Å². The lowest BCUT2D eigenvalue weighted by molar-refractivity contribution is -0.142. The standard InChI is InChI=1S/C28H38N4O6S/c1-17(2)24(29)27(36)31-22(15-18-7-5-4-6-8-18)26(35)30-21(13-14-39-3)25(34)32-23(28(37)38)16-19-9-11-20(33)12-10-19/h4-12,17,21-24,33H,13-16,29H2,1-3H3,(H,30,35)(H,31,36)(H,32,34)(H,37,38). The van der Waals surface area contributed by atoms with Gasteiger partial charge in [0.1, 0.15) is 23.9 Å². The largest absolute Gasteiger partial charge is 0.508 e. The summed E-state index contributed by atoms with van der Waals surface area (Å²) in [4.78, 5) is 51.2. The first-order chi connectivity index (χ1) is 18.5. The number of hydrogen-bond acceptors (Lipinski definition) is 7. The molecule has 0 aliphatic heterocycles. The van der Waals surface area contributed by atoms with E-state index < -0.39 is 47.9 Å². The third-order valence-corrected chi connectivity index (χ3v) is 6.81. The molecule has 2 rings (SSSR count). The van der Waals surface area contributed by atoms with Crippen molar-refractivity contribution in [3.05, 3.63) is 65.7 Å². The van der Waals surface area contributed by atoms with E-state index in [1.165, 1.54) is 23.9 Å². The first kappa shape index (κ1) is 31.6. The average Bonchev–Trinajstić information content (AvgIpc) is 2.91. The number of nitrogens with one attached hydrogen (secondary N) is 3. The molecule has 3 amide bonds. The summed E-state index contributed by atoms with van der Waals surface area (Å²) in [6, 6.07) is 11.1. The smallest absolute Gasteiger partial charge is 0.326 e. The van der Waals surface area contributed by atoms with Gasteiger partial charge in [-0.15, -0.1) is 0 Å². The van der Waals surface area contributed by atoms with Crippen LogP contribution in [0.1, 0.15) is 31.4 Å². The van der Waals surface area contributed by atoms with Crippen LogP contribution >= 0.6 is 11.8 Å². The number of phenols is 1. The van der Waals surface area contributed by atoms with Crippen molar-refractivity contribution in [3.63, 3.8) is 0 Å². The Labute approximate surface area is 233 Å². The minimum absolute atomic E-state index is 0.00960. The van der Waals surface area contributed by atoms with Crippen LogP contribution in [0.15, 0.2) is 54.6 Å². The lowest BCUT2D eigenvalue weighted by Crippen LogP contribution is -2.58. The molecule has 0 aromatic heterocycles. The average molecular weight is 559 g/mol. The number of aromatic hydroxyl groups is 1. The normalized spacial score (nSPS) is 14.1. The van der Waals surface area contributed by atoms with Crippen LogP contribution in [-0.2, 0) is 32.0 Å². The quantitative estimate of drug-likeness (QED) is 0.191. The fourth-order valence-corrected chi connectivity index (χ4v) is 4.22. The molecule has 0 saturated carbocycles. The van der Waals surface area contributed by atoms with Crippen molar-refractivity contribution >= 4 is 35.5 Å². The molecule has 212 valence electrons. The third kappa shape index (κ3) is 10.6. The Bertz CT molecular complexity index is 1100. The highest BCUT2D eigenvalue weighted by Gasteiger charge is 2.31. The van der Waals surface area contributed by atoms with Gasteiger partial charge in [0.25, 0.3) is 0 Å². The Morgan fingerprint density at radius 2 is 1.31 bits per heavy atom. The Hall–Kier alpha value is -3.57. The molecule has 0 heterocycles. The highest BCUT2D eigenvalue weighted by molar-refractivity contribution is 7.98. The topological polar surface area (TPSA) is 171 Å². The molecule has 0 spiro atoms. The van der Waals surface area contributed by atoms with Crippen LogP contribution < -0.4 is 21.7 Å². The Morgan fingerprint density at radius 3 is 1.87 bits per heavy atom. The molecule has 0 aliphatic rings. The zero-order valence-corrected chi connectivity index (χ0v) is 23.2. The van der Waals surface area contributed by atoms with Crippen LogP contribution in [0.3, 0.4) is 0 Å². The van der Waals surface area contributed by atoms with Gasteiger partial charge in [0.2, 0.25) is 17.7 Å². The van der Waals surface area contributed by atoms with E-state index in [4.69, 9.17) is 5.73 Å². The highest BCUT2D eigenvalue weighted by atomic mass is 32.2. The summed E-state index contributed by atoms with van der Waals surface area (Å²) in [5, 5.41) is 27.1. The van der Waals surface area contributed by atoms with E-state index in [0.717, 1.165) is 5.56 Å². The second kappa shape index (κ2) is 15.7. The minimum atomic E-state index is -1.25. The number of carbonyl (C=O) groups is 4. The first-order valence-corrected chi connectivity index (χ1v) is 14.1. The SMILES string of the molecule is CSCCC(NC(=O)C(Cc1ccccc1)NC(=O)C(N)C(C)C)C(=O)NC(Cc1ccc(O)cc1)C(=O)O. The van der Waals surface area contributed by atoms with Crippen molar-refractivity contribution in [2.24, 2.45) is 11.7 Å². The van der Waals surface area contributed by atoms with Crippen molar-refractivity contribution in [2.45, 2.75) is 57.3 Å². The maximum atomic E-state index is 13.4. The third-order valence-electron chi connectivity index (χ3n) is 6.17. The maximum Gasteiger partial charge on any atom is 0.326 e. The Balaban J connectivity index is 2.20. The molecule has 10 nitrogen and oxygen atoms in total. The van der Waals surface area contributed by atoms with Crippen molar-refractivity contribution in [1.82, 2.24) is 16.0 Å².